The van der Waals surface area contributed by atoms with Gasteiger partial charge in [0.25, 0.3) is 5.92 Å². The normalized spacial score (nSPS) is 15.6. The maximum atomic E-state index is 13.6. The van der Waals surface area contributed by atoms with Gasteiger partial charge in [0.05, 0.1) is 45.7 Å². The molecule has 0 spiro atoms. The van der Waals surface area contributed by atoms with Gasteiger partial charge < -0.3 is 19.3 Å². The molecule has 0 aliphatic carbocycles. The van der Waals surface area contributed by atoms with E-state index < -0.39 is 29.4 Å². The summed E-state index contributed by atoms with van der Waals surface area (Å²) in [7, 11) is 1.76. The second kappa shape index (κ2) is 13.0. The number of aromatic nitrogens is 3. The molecule has 1 aliphatic heterocycles. The van der Waals surface area contributed by atoms with Crippen molar-refractivity contribution >= 4 is 33.8 Å². The minimum Gasteiger partial charge on any atom is -0.487 e. The van der Waals surface area contributed by atoms with Crippen molar-refractivity contribution in [3.05, 3.63) is 47.8 Å². The fourth-order valence-electron chi connectivity index (χ4n) is 4.51. The van der Waals surface area contributed by atoms with Gasteiger partial charge in [-0.15, -0.1) is 0 Å². The predicted octanol–water partition coefficient (Wildman–Crippen LogP) is 3.87. The molecular weight excluding hydrogens is 556 g/mol. The summed E-state index contributed by atoms with van der Waals surface area (Å²) in [5.41, 5.74) is 1.81. The third-order valence-electron chi connectivity index (χ3n) is 6.98. The van der Waals surface area contributed by atoms with Crippen molar-refractivity contribution in [2.24, 2.45) is 5.92 Å². The Hall–Kier alpha value is -3.45. The van der Waals surface area contributed by atoms with Crippen LogP contribution < -0.4 is 4.74 Å². The van der Waals surface area contributed by atoms with Gasteiger partial charge >= 0.3 is 12.0 Å². The van der Waals surface area contributed by atoms with Crippen molar-refractivity contribution in [3.63, 3.8) is 0 Å². The van der Waals surface area contributed by atoms with Gasteiger partial charge in [-0.2, -0.15) is 0 Å². The lowest BCUT2D eigenvalue weighted by molar-refractivity contribution is -0.150. The number of carbonyl (C=O) groups is 2. The summed E-state index contributed by atoms with van der Waals surface area (Å²) in [6.07, 6.45) is 2.89. The van der Waals surface area contributed by atoms with Crippen LogP contribution in [0.15, 0.2) is 41.7 Å². The minimum atomic E-state index is -3.01. The van der Waals surface area contributed by atoms with Crippen LogP contribution >= 0.6 is 0 Å². The van der Waals surface area contributed by atoms with Crippen molar-refractivity contribution in [2.75, 3.05) is 46.9 Å². The Morgan fingerprint density at radius 1 is 1.20 bits per heavy atom. The summed E-state index contributed by atoms with van der Waals surface area (Å²) in [6.45, 7) is 3.46. The Morgan fingerprint density at radius 3 is 2.61 bits per heavy atom. The van der Waals surface area contributed by atoms with E-state index in [1.54, 1.807) is 38.2 Å². The number of likely N-dealkylation sites (tertiary alicyclic amines) is 1. The molecule has 3 aromatic rings. The Balaban J connectivity index is 1.48. The number of rotatable bonds is 10. The van der Waals surface area contributed by atoms with Gasteiger partial charge in [0.2, 0.25) is 5.16 Å². The molecule has 3 heterocycles. The van der Waals surface area contributed by atoms with Crippen molar-refractivity contribution in [1.29, 1.82) is 0 Å². The molecule has 1 amide bonds. The van der Waals surface area contributed by atoms with Crippen LogP contribution in [0.3, 0.4) is 0 Å². The zero-order chi connectivity index (χ0) is 29.7. The van der Waals surface area contributed by atoms with Gasteiger partial charge in [0, 0.05) is 25.7 Å². The van der Waals surface area contributed by atoms with Gasteiger partial charge in [0.1, 0.15) is 12.4 Å². The highest BCUT2D eigenvalue weighted by Gasteiger charge is 2.27. The maximum Gasteiger partial charge on any atom is 0.330 e. The number of esters is 1. The number of piperidine rings is 1. The highest BCUT2D eigenvalue weighted by molar-refractivity contribution is 7.84. The number of alkyl halides is 2. The number of para-hydroxylation sites is 2. The third-order valence-corrected chi connectivity index (χ3v) is 8.20. The lowest BCUT2D eigenvalue weighted by Crippen LogP contribution is -2.37. The van der Waals surface area contributed by atoms with E-state index in [1.165, 1.54) is 21.7 Å². The number of carbonyl (C=O) groups excluding carboxylic acids is 2. The van der Waals surface area contributed by atoms with Crippen LogP contribution in [0.2, 0.25) is 0 Å². The largest absolute Gasteiger partial charge is 0.487 e. The Kier molecular flexibility index (Phi) is 9.69. The first kappa shape index (κ1) is 30.5. The number of imidazole rings is 1. The molecule has 2 aromatic heterocycles. The van der Waals surface area contributed by atoms with Gasteiger partial charge in [-0.05, 0) is 58.1 Å². The topological polar surface area (TPSA) is 107 Å². The Bertz CT molecular complexity index is 1420. The van der Waals surface area contributed by atoms with E-state index in [-0.39, 0.29) is 41.7 Å². The second-order valence-electron chi connectivity index (χ2n) is 10.4. The predicted molar refractivity (Wildman–Crippen MR) is 150 cm³/mol. The van der Waals surface area contributed by atoms with Crippen LogP contribution in [0.5, 0.6) is 5.75 Å². The average molecular weight is 592 g/mol. The Morgan fingerprint density at radius 2 is 1.90 bits per heavy atom. The van der Waals surface area contributed by atoms with E-state index in [9.17, 15) is 22.6 Å². The highest BCUT2D eigenvalue weighted by Crippen LogP contribution is 2.26. The Labute approximate surface area is 240 Å². The van der Waals surface area contributed by atoms with E-state index in [0.717, 1.165) is 32.9 Å². The third kappa shape index (κ3) is 7.64. The molecule has 1 atom stereocenters. The maximum absolute atomic E-state index is 13.6. The first-order valence-electron chi connectivity index (χ1n) is 13.4. The second-order valence-corrected chi connectivity index (χ2v) is 11.7. The standard InChI is InChI=1S/C28H35F2N5O5S/c1-19-22(31-12-9-24(19)40-18-28(2,29)30)17-41(38)26-32-21-7-5-6-8-23(21)35(26)27(37)34(4)15-16-39-25(36)20-10-13-33(3)14-11-20/h5-9,12,20H,10-11,13-18H2,1-4H3/t41-/m1/s1. The monoisotopic (exact) mass is 591 g/mol. The smallest absolute Gasteiger partial charge is 0.330 e. The lowest BCUT2D eigenvalue weighted by atomic mass is 9.97. The fourth-order valence-corrected chi connectivity index (χ4v) is 5.76. The highest BCUT2D eigenvalue weighted by atomic mass is 32.2. The van der Waals surface area contributed by atoms with Gasteiger partial charge in [-0.3, -0.25) is 14.0 Å². The molecule has 1 fully saturated rings. The molecule has 222 valence electrons. The molecule has 4 rings (SSSR count). The van der Waals surface area contributed by atoms with Crippen LogP contribution in [0.25, 0.3) is 11.0 Å². The summed E-state index contributed by atoms with van der Waals surface area (Å²) < 4.78 is 52.2. The van der Waals surface area contributed by atoms with Crippen molar-refractivity contribution < 1.29 is 32.1 Å². The molecule has 0 unspecified atom stereocenters. The first-order valence-corrected chi connectivity index (χ1v) is 14.7. The molecule has 1 aromatic carbocycles. The number of hydrogen-bond acceptors (Lipinski definition) is 8. The SMILES string of the molecule is Cc1c(OCC(C)(F)F)ccnc1C[S@@](=O)c1nc2ccccc2n1C(=O)N(C)CCOC(=O)C1CCN(C)CC1. The molecule has 13 heteroatoms. The van der Waals surface area contributed by atoms with E-state index >= 15 is 0 Å². The molecule has 0 bridgehead atoms. The summed E-state index contributed by atoms with van der Waals surface area (Å²) in [5, 5.41) is 0.0268. The summed E-state index contributed by atoms with van der Waals surface area (Å²) in [5.74, 6) is -3.31. The number of hydrogen-bond donors (Lipinski definition) is 0. The summed E-state index contributed by atoms with van der Waals surface area (Å²) in [4.78, 5) is 38.3. The molecule has 0 radical (unpaired) electrons. The van der Waals surface area contributed by atoms with E-state index in [4.69, 9.17) is 9.47 Å². The van der Waals surface area contributed by atoms with Crippen LogP contribution in [-0.2, 0) is 26.1 Å². The molecule has 10 nitrogen and oxygen atoms in total. The number of amides is 1. The molecule has 1 saturated heterocycles. The molecule has 0 saturated carbocycles. The van der Waals surface area contributed by atoms with Crippen LogP contribution in [0, 0.1) is 12.8 Å². The van der Waals surface area contributed by atoms with Crippen molar-refractivity contribution in [1.82, 2.24) is 24.3 Å². The number of pyridine rings is 1. The van der Waals surface area contributed by atoms with E-state index in [2.05, 4.69) is 14.9 Å². The number of likely N-dealkylation sites (N-methyl/N-ethyl adjacent to an activating group) is 1. The van der Waals surface area contributed by atoms with Crippen molar-refractivity contribution in [3.8, 4) is 5.75 Å². The summed E-state index contributed by atoms with van der Waals surface area (Å²) >= 11 is 0. The number of benzene rings is 1. The van der Waals surface area contributed by atoms with Crippen molar-refractivity contribution in [2.45, 2.75) is 43.5 Å². The minimum absolute atomic E-state index is 0.0268. The van der Waals surface area contributed by atoms with Crippen LogP contribution in [-0.4, -0.2) is 93.4 Å². The quantitative estimate of drug-likeness (QED) is 0.327. The zero-order valence-electron chi connectivity index (χ0n) is 23.6. The van der Waals surface area contributed by atoms with Crippen LogP contribution in [0.4, 0.5) is 13.6 Å². The summed E-state index contributed by atoms with van der Waals surface area (Å²) in [6, 6.07) is 7.92. The first-order chi connectivity index (χ1) is 19.4. The van der Waals surface area contributed by atoms with Gasteiger partial charge in [0.15, 0.2) is 6.61 Å². The van der Waals surface area contributed by atoms with Gasteiger partial charge in [-0.25, -0.2) is 23.1 Å². The number of ether oxygens (including phenoxy) is 2. The fraction of sp³-hybridized carbons (Fsp3) is 0.500. The molecular formula is C28H35F2N5O5S. The van der Waals surface area contributed by atoms with Crippen LogP contribution in [0.1, 0.15) is 31.0 Å². The van der Waals surface area contributed by atoms with E-state index in [1.807, 2.05) is 7.05 Å². The molecule has 1 aliphatic rings. The van der Waals surface area contributed by atoms with E-state index in [0.29, 0.717) is 22.3 Å². The zero-order valence-corrected chi connectivity index (χ0v) is 24.5. The average Bonchev–Trinajstić information content (AvgIpc) is 3.32. The number of fused-ring (bicyclic) bond motifs is 1. The number of nitrogens with zero attached hydrogens (tertiary/aromatic N) is 5. The molecule has 0 N–H and O–H groups in total. The molecule has 41 heavy (non-hydrogen) atoms. The number of halogens is 2. The van der Waals surface area contributed by atoms with Gasteiger partial charge in [-0.1, -0.05) is 12.1 Å². The lowest BCUT2D eigenvalue weighted by Gasteiger charge is -2.27.